The first-order valence-electron chi connectivity index (χ1n) is 8.36. The summed E-state index contributed by atoms with van der Waals surface area (Å²) in [6.45, 7) is 2.03. The molecule has 1 fully saturated rings. The molecule has 3 aromatic rings. The molecule has 0 saturated carbocycles. The number of aromatic nitrogens is 2. The number of carbonyl (C=O) groups excluding carboxylic acids is 1. The molecule has 2 amide bonds. The zero-order chi connectivity index (χ0) is 18.6. The molecule has 2 aromatic heterocycles. The molecular formula is C19H15FN4O2S. The Kier molecular flexibility index (Phi) is 4.85. The Bertz CT molecular complexity index is 1060. The third-order valence-corrected chi connectivity index (χ3v) is 4.69. The van der Waals surface area contributed by atoms with Gasteiger partial charge >= 0.3 is 6.03 Å². The minimum absolute atomic E-state index is 0.0934. The van der Waals surface area contributed by atoms with Gasteiger partial charge in [-0.3, -0.25) is 0 Å². The number of nitrogens with one attached hydrogen (secondary N) is 1. The number of fused-ring (bicyclic) bond motifs is 1. The molecule has 1 aliphatic rings. The standard InChI is InChI=1S/C19H15FN4O2S/c20-14-3-1-2-13(10-14)4-5-15-18(23-17-12-27-11-16(17)22-15)26-9-8-24-7-6-21-19(24)25/h1-3,10-12H,6-9H2,(H,21,25). The number of amides is 2. The second kappa shape index (κ2) is 7.60. The molecule has 3 heterocycles. The average Bonchev–Trinajstić information content (AvgIpc) is 3.28. The topological polar surface area (TPSA) is 67.4 Å². The van der Waals surface area contributed by atoms with Crippen molar-refractivity contribution in [3.8, 4) is 17.7 Å². The van der Waals surface area contributed by atoms with Crippen LogP contribution < -0.4 is 10.1 Å². The summed E-state index contributed by atoms with van der Waals surface area (Å²) < 4.78 is 19.1. The van der Waals surface area contributed by atoms with E-state index in [1.807, 2.05) is 10.8 Å². The van der Waals surface area contributed by atoms with Gasteiger partial charge in [0.2, 0.25) is 5.88 Å². The molecule has 1 aromatic carbocycles. The molecule has 6 nitrogen and oxygen atoms in total. The summed E-state index contributed by atoms with van der Waals surface area (Å²) in [6, 6.07) is 5.95. The normalized spacial score (nSPS) is 13.4. The van der Waals surface area contributed by atoms with Gasteiger partial charge in [-0.15, -0.1) is 11.3 Å². The molecule has 27 heavy (non-hydrogen) atoms. The van der Waals surface area contributed by atoms with Gasteiger partial charge in [-0.05, 0) is 24.1 Å². The van der Waals surface area contributed by atoms with Crippen LogP contribution in [-0.2, 0) is 0 Å². The molecule has 8 heteroatoms. The van der Waals surface area contributed by atoms with Crippen molar-refractivity contribution in [2.45, 2.75) is 0 Å². The van der Waals surface area contributed by atoms with Crippen LogP contribution in [0.15, 0.2) is 35.0 Å². The number of hydrogen-bond acceptors (Lipinski definition) is 5. The fraction of sp³-hybridized carbons (Fsp3) is 0.211. The predicted molar refractivity (Wildman–Crippen MR) is 100 cm³/mol. The van der Waals surface area contributed by atoms with E-state index >= 15 is 0 Å². The van der Waals surface area contributed by atoms with Crippen LogP contribution in [0.2, 0.25) is 0 Å². The maximum atomic E-state index is 13.3. The van der Waals surface area contributed by atoms with Crippen molar-refractivity contribution in [1.82, 2.24) is 20.2 Å². The first kappa shape index (κ1) is 17.2. The van der Waals surface area contributed by atoms with Gasteiger partial charge in [0.15, 0.2) is 5.69 Å². The lowest BCUT2D eigenvalue weighted by Gasteiger charge is -2.14. The van der Waals surface area contributed by atoms with Gasteiger partial charge in [-0.2, -0.15) is 0 Å². The zero-order valence-corrected chi connectivity index (χ0v) is 15.1. The molecule has 0 spiro atoms. The zero-order valence-electron chi connectivity index (χ0n) is 14.2. The van der Waals surface area contributed by atoms with Gasteiger partial charge in [0, 0.05) is 29.4 Å². The lowest BCUT2D eigenvalue weighted by Crippen LogP contribution is -2.32. The number of benzene rings is 1. The maximum absolute atomic E-state index is 13.3. The van der Waals surface area contributed by atoms with Crippen LogP contribution in [0.25, 0.3) is 11.0 Å². The summed E-state index contributed by atoms with van der Waals surface area (Å²) in [6.07, 6.45) is 0. The highest BCUT2D eigenvalue weighted by Crippen LogP contribution is 2.21. The molecule has 1 aliphatic heterocycles. The molecular weight excluding hydrogens is 367 g/mol. The summed E-state index contributed by atoms with van der Waals surface area (Å²) in [7, 11) is 0. The van der Waals surface area contributed by atoms with Crippen LogP contribution in [0.4, 0.5) is 9.18 Å². The Morgan fingerprint density at radius 3 is 2.89 bits per heavy atom. The fourth-order valence-corrected chi connectivity index (χ4v) is 3.31. The summed E-state index contributed by atoms with van der Waals surface area (Å²) in [5.41, 5.74) is 2.39. The number of halogens is 1. The first-order chi connectivity index (χ1) is 13.2. The number of ether oxygens (including phenoxy) is 1. The van der Waals surface area contributed by atoms with E-state index in [9.17, 15) is 9.18 Å². The van der Waals surface area contributed by atoms with Crippen LogP contribution in [0.5, 0.6) is 5.88 Å². The second-order valence-corrected chi connectivity index (χ2v) is 6.59. The van der Waals surface area contributed by atoms with Crippen molar-refractivity contribution < 1.29 is 13.9 Å². The number of rotatable bonds is 4. The van der Waals surface area contributed by atoms with Crippen LogP contribution >= 0.6 is 11.3 Å². The highest BCUT2D eigenvalue weighted by molar-refractivity contribution is 7.09. The van der Waals surface area contributed by atoms with E-state index in [0.717, 1.165) is 11.0 Å². The lowest BCUT2D eigenvalue weighted by molar-refractivity contribution is 0.201. The molecule has 0 bridgehead atoms. The van der Waals surface area contributed by atoms with Crippen LogP contribution in [0.3, 0.4) is 0 Å². The molecule has 1 saturated heterocycles. The molecule has 136 valence electrons. The maximum Gasteiger partial charge on any atom is 0.317 e. The van der Waals surface area contributed by atoms with Gasteiger partial charge in [0.05, 0.1) is 6.54 Å². The predicted octanol–water partition coefficient (Wildman–Crippen LogP) is 2.63. The van der Waals surface area contributed by atoms with Gasteiger partial charge in [-0.25, -0.2) is 19.2 Å². The molecule has 0 aliphatic carbocycles. The van der Waals surface area contributed by atoms with Crippen molar-refractivity contribution in [3.05, 3.63) is 52.1 Å². The summed E-state index contributed by atoms with van der Waals surface area (Å²) in [5, 5.41) is 6.51. The third kappa shape index (κ3) is 3.99. The monoisotopic (exact) mass is 382 g/mol. The summed E-state index contributed by atoms with van der Waals surface area (Å²) in [4.78, 5) is 22.2. The number of thiophene rings is 1. The van der Waals surface area contributed by atoms with E-state index < -0.39 is 0 Å². The number of urea groups is 1. The van der Waals surface area contributed by atoms with Crippen LogP contribution in [0, 0.1) is 17.7 Å². The van der Waals surface area contributed by atoms with Gasteiger partial charge < -0.3 is 15.0 Å². The third-order valence-electron chi connectivity index (χ3n) is 3.97. The van der Waals surface area contributed by atoms with E-state index in [-0.39, 0.29) is 18.5 Å². The molecule has 4 rings (SSSR count). The fourth-order valence-electron chi connectivity index (χ4n) is 2.64. The van der Waals surface area contributed by atoms with E-state index in [2.05, 4.69) is 27.1 Å². The number of hydrogen-bond donors (Lipinski definition) is 1. The summed E-state index contributed by atoms with van der Waals surface area (Å²) in [5.74, 6) is 5.78. The minimum Gasteiger partial charge on any atom is -0.474 e. The molecule has 0 radical (unpaired) electrons. The van der Waals surface area contributed by atoms with Crippen LogP contribution in [-0.4, -0.2) is 47.1 Å². The van der Waals surface area contributed by atoms with E-state index in [4.69, 9.17) is 4.74 Å². The van der Waals surface area contributed by atoms with Crippen molar-refractivity contribution in [3.63, 3.8) is 0 Å². The van der Waals surface area contributed by atoms with Gasteiger partial charge in [-0.1, -0.05) is 12.0 Å². The number of nitrogens with zero attached hydrogens (tertiary/aromatic N) is 3. The van der Waals surface area contributed by atoms with Crippen molar-refractivity contribution in [2.75, 3.05) is 26.2 Å². The lowest BCUT2D eigenvalue weighted by atomic mass is 10.2. The molecule has 0 unspecified atom stereocenters. The van der Waals surface area contributed by atoms with Crippen molar-refractivity contribution in [2.24, 2.45) is 0 Å². The summed E-state index contributed by atoms with van der Waals surface area (Å²) >= 11 is 1.49. The highest BCUT2D eigenvalue weighted by atomic mass is 32.1. The SMILES string of the molecule is O=C1NCCN1CCOc1nc2cscc2nc1C#Cc1cccc(F)c1. The van der Waals surface area contributed by atoms with E-state index in [1.54, 1.807) is 17.0 Å². The van der Waals surface area contributed by atoms with Crippen molar-refractivity contribution in [1.29, 1.82) is 0 Å². The van der Waals surface area contributed by atoms with Crippen LogP contribution in [0.1, 0.15) is 11.3 Å². The Hall–Kier alpha value is -3.18. The van der Waals surface area contributed by atoms with E-state index in [1.165, 1.54) is 23.5 Å². The highest BCUT2D eigenvalue weighted by Gasteiger charge is 2.19. The smallest absolute Gasteiger partial charge is 0.317 e. The van der Waals surface area contributed by atoms with Crippen molar-refractivity contribution >= 4 is 28.4 Å². The quantitative estimate of drug-likeness (QED) is 0.705. The Balaban J connectivity index is 1.57. The largest absolute Gasteiger partial charge is 0.474 e. The Labute approximate surface area is 159 Å². The Morgan fingerprint density at radius 2 is 2.11 bits per heavy atom. The average molecular weight is 382 g/mol. The minimum atomic E-state index is -0.346. The molecule has 0 atom stereocenters. The van der Waals surface area contributed by atoms with Gasteiger partial charge in [0.25, 0.3) is 0 Å². The Morgan fingerprint density at radius 1 is 1.26 bits per heavy atom. The first-order valence-corrected chi connectivity index (χ1v) is 9.30. The molecule has 1 N–H and O–H groups in total. The second-order valence-electron chi connectivity index (χ2n) is 5.85. The van der Waals surface area contributed by atoms with Gasteiger partial charge in [0.1, 0.15) is 23.5 Å². The van der Waals surface area contributed by atoms with E-state index in [0.29, 0.717) is 36.8 Å². The number of carbonyl (C=O) groups is 1.